The van der Waals surface area contributed by atoms with E-state index in [2.05, 4.69) is 43.8 Å². The summed E-state index contributed by atoms with van der Waals surface area (Å²) in [4.78, 5) is 0. The smallest absolute Gasteiger partial charge is 0.192 e. The first kappa shape index (κ1) is 21.7. The van der Waals surface area contributed by atoms with Crippen LogP contribution in [0.5, 0.6) is 0 Å². The number of benzene rings is 3. The number of allylic oxidation sites excluding steroid dienone is 3. The maximum Gasteiger partial charge on any atom is 0.192 e. The Morgan fingerprint density at radius 1 is 1.00 bits per heavy atom. The molecule has 2 N–H and O–H groups in total. The molecule has 168 valence electrons. The van der Waals surface area contributed by atoms with E-state index >= 15 is 0 Å². The molecular weight excluding hydrogens is 408 g/mol. The number of rotatable bonds is 5. The number of aryl methyl sites for hydroxylation is 1. The monoisotopic (exact) mass is 438 g/mol. The average molecular weight is 439 g/mol. The molecule has 3 nitrogen and oxygen atoms in total. The van der Waals surface area contributed by atoms with Crippen LogP contribution in [0.2, 0.25) is 0 Å². The van der Waals surface area contributed by atoms with Gasteiger partial charge >= 0.3 is 0 Å². The summed E-state index contributed by atoms with van der Waals surface area (Å²) in [6.07, 6.45) is 8.92. The molecule has 4 aromatic rings. The fourth-order valence-electron chi connectivity index (χ4n) is 5.57. The first-order chi connectivity index (χ1) is 15.9. The molecule has 0 radical (unpaired) electrons. The second kappa shape index (κ2) is 8.33. The first-order valence-electron chi connectivity index (χ1n) is 11.7. The summed E-state index contributed by atoms with van der Waals surface area (Å²) in [7, 11) is 0. The highest BCUT2D eigenvalue weighted by Crippen LogP contribution is 2.43. The van der Waals surface area contributed by atoms with Crippen molar-refractivity contribution in [1.29, 1.82) is 0 Å². The molecule has 33 heavy (non-hydrogen) atoms. The molecule has 0 atom stereocenters. The molecule has 1 saturated carbocycles. The van der Waals surface area contributed by atoms with Crippen molar-refractivity contribution in [3.8, 4) is 0 Å². The van der Waals surface area contributed by atoms with Crippen molar-refractivity contribution in [2.24, 2.45) is 5.92 Å². The molecule has 0 amide bonds. The largest absolute Gasteiger partial charge is 0.455 e. The summed E-state index contributed by atoms with van der Waals surface area (Å²) in [5, 5.41) is 26.8. The predicted octanol–water partition coefficient (Wildman–Crippen LogP) is 7.43. The molecule has 0 aliphatic heterocycles. The molecule has 1 aliphatic rings. The van der Waals surface area contributed by atoms with Crippen LogP contribution < -0.4 is 0 Å². The summed E-state index contributed by atoms with van der Waals surface area (Å²) in [5.41, 5.74) is 5.20. The van der Waals surface area contributed by atoms with Gasteiger partial charge in [0.1, 0.15) is 11.2 Å². The Bertz CT molecular complexity index is 1430. The number of fused-ring (bicyclic) bond motifs is 5. The van der Waals surface area contributed by atoms with Crippen molar-refractivity contribution in [2.75, 3.05) is 0 Å². The van der Waals surface area contributed by atoms with Crippen LogP contribution in [0, 0.1) is 12.8 Å². The second-order valence-electron chi connectivity index (χ2n) is 9.24. The molecule has 1 fully saturated rings. The Kier molecular flexibility index (Phi) is 5.48. The van der Waals surface area contributed by atoms with E-state index in [1.807, 2.05) is 31.2 Å². The Hall–Kier alpha value is -3.14. The van der Waals surface area contributed by atoms with Crippen molar-refractivity contribution in [3.63, 3.8) is 0 Å². The molecule has 0 bridgehead atoms. The van der Waals surface area contributed by atoms with Gasteiger partial charge in [-0.15, -0.1) is 0 Å². The maximum absolute atomic E-state index is 11.1. The summed E-state index contributed by atoms with van der Waals surface area (Å²) in [6, 6.07) is 16.5. The molecule has 1 heterocycles. The van der Waals surface area contributed by atoms with E-state index in [1.165, 1.54) is 5.39 Å². The molecular formula is C30H30O3. The van der Waals surface area contributed by atoms with Gasteiger partial charge in [0.25, 0.3) is 0 Å². The summed E-state index contributed by atoms with van der Waals surface area (Å²) in [6.45, 7) is 7.94. The molecule has 3 aromatic carbocycles. The van der Waals surface area contributed by atoms with E-state index in [4.69, 9.17) is 4.42 Å². The van der Waals surface area contributed by atoms with Crippen molar-refractivity contribution in [2.45, 2.75) is 45.3 Å². The number of furan rings is 1. The van der Waals surface area contributed by atoms with Crippen LogP contribution in [0.4, 0.5) is 0 Å². The van der Waals surface area contributed by atoms with E-state index in [-0.39, 0.29) is 5.92 Å². The van der Waals surface area contributed by atoms with Gasteiger partial charge in [-0.25, -0.2) is 0 Å². The van der Waals surface area contributed by atoms with Gasteiger partial charge in [-0.1, -0.05) is 74.0 Å². The van der Waals surface area contributed by atoms with Gasteiger partial charge in [0.05, 0.1) is 0 Å². The lowest BCUT2D eigenvalue weighted by atomic mass is 9.86. The highest BCUT2D eigenvalue weighted by Gasteiger charge is 2.38. The van der Waals surface area contributed by atoms with Crippen molar-refractivity contribution in [3.05, 3.63) is 90.0 Å². The Morgan fingerprint density at radius 3 is 2.33 bits per heavy atom. The van der Waals surface area contributed by atoms with Crippen LogP contribution in [-0.2, 0) is 0 Å². The summed E-state index contributed by atoms with van der Waals surface area (Å²) < 4.78 is 6.42. The lowest BCUT2D eigenvalue weighted by molar-refractivity contribution is -0.164. The lowest BCUT2D eigenvalue weighted by Gasteiger charge is -2.30. The zero-order chi connectivity index (χ0) is 23.2. The van der Waals surface area contributed by atoms with Gasteiger partial charge in [-0.05, 0) is 60.7 Å². The van der Waals surface area contributed by atoms with Gasteiger partial charge in [-0.3, -0.25) is 0 Å². The first-order valence-corrected chi connectivity index (χ1v) is 11.7. The lowest BCUT2D eigenvalue weighted by Crippen LogP contribution is -2.38. The quantitative estimate of drug-likeness (QED) is 0.251. The Labute approximate surface area is 194 Å². The van der Waals surface area contributed by atoms with Gasteiger partial charge in [0.15, 0.2) is 5.79 Å². The summed E-state index contributed by atoms with van der Waals surface area (Å²) in [5.74, 6) is -2.05. The second-order valence-corrected chi connectivity index (χ2v) is 9.24. The van der Waals surface area contributed by atoms with Crippen molar-refractivity contribution < 1.29 is 14.6 Å². The van der Waals surface area contributed by atoms with Crippen molar-refractivity contribution >= 4 is 38.3 Å². The number of para-hydroxylation sites is 1. The van der Waals surface area contributed by atoms with Crippen LogP contribution in [0.15, 0.2) is 83.3 Å². The average Bonchev–Trinajstić information content (AvgIpc) is 3.48. The Morgan fingerprint density at radius 2 is 1.64 bits per heavy atom. The normalized spacial score (nSPS) is 16.4. The van der Waals surface area contributed by atoms with Gasteiger partial charge < -0.3 is 14.6 Å². The highest BCUT2D eigenvalue weighted by molar-refractivity contribution is 6.22. The minimum atomic E-state index is -1.89. The van der Waals surface area contributed by atoms with Crippen LogP contribution in [0.25, 0.3) is 38.3 Å². The van der Waals surface area contributed by atoms with Gasteiger partial charge in [0, 0.05) is 27.8 Å². The molecule has 5 rings (SSSR count). The third kappa shape index (κ3) is 3.52. The third-order valence-electron chi connectivity index (χ3n) is 7.21. The van der Waals surface area contributed by atoms with Crippen LogP contribution >= 0.6 is 0 Å². The number of aliphatic hydroxyl groups is 2. The number of hydrogen-bond donors (Lipinski definition) is 2. The molecule has 0 saturated heterocycles. The van der Waals surface area contributed by atoms with Gasteiger partial charge in [-0.2, -0.15) is 0 Å². The van der Waals surface area contributed by atoms with Crippen LogP contribution in [0.3, 0.4) is 0 Å². The predicted molar refractivity (Wildman–Crippen MR) is 137 cm³/mol. The fourth-order valence-corrected chi connectivity index (χ4v) is 5.57. The van der Waals surface area contributed by atoms with Crippen molar-refractivity contribution in [1.82, 2.24) is 0 Å². The molecule has 1 aliphatic carbocycles. The highest BCUT2D eigenvalue weighted by atomic mass is 16.5. The standard InChI is InChI=1S/C30H30O3/c1-4-11-22(30(31,32)21-12-5-6-13-21)18-19(2)27-20(3)23-14-7-8-15-24(23)28-25-16-9-10-17-26(25)33-29(27)28/h4,7-11,14-18,21,31-32H,1,5-6,12-13H2,2-3H3/b19-18+,22-11+. The van der Waals surface area contributed by atoms with Crippen LogP contribution in [-0.4, -0.2) is 16.0 Å². The molecule has 0 spiro atoms. The van der Waals surface area contributed by atoms with E-state index < -0.39 is 5.79 Å². The summed E-state index contributed by atoms with van der Waals surface area (Å²) >= 11 is 0. The maximum atomic E-state index is 11.1. The van der Waals surface area contributed by atoms with E-state index in [1.54, 1.807) is 12.2 Å². The molecule has 1 aromatic heterocycles. The Balaban J connectivity index is 1.78. The van der Waals surface area contributed by atoms with E-state index in [9.17, 15) is 10.2 Å². The zero-order valence-electron chi connectivity index (χ0n) is 19.3. The SMILES string of the molecule is C=C/C=C(\C=C(/C)c1c(C)c2ccccc2c2c1oc1ccccc12)C(O)(O)C1CCCC1. The minimum Gasteiger partial charge on any atom is -0.455 e. The zero-order valence-corrected chi connectivity index (χ0v) is 19.3. The third-order valence-corrected chi connectivity index (χ3v) is 7.21. The minimum absolute atomic E-state index is 0.170. The molecule has 0 unspecified atom stereocenters. The van der Waals surface area contributed by atoms with Crippen LogP contribution in [0.1, 0.15) is 43.7 Å². The molecule has 3 heteroatoms. The fraction of sp³-hybridized carbons (Fsp3) is 0.267. The number of hydrogen-bond acceptors (Lipinski definition) is 3. The van der Waals surface area contributed by atoms with Gasteiger partial charge in [0.2, 0.25) is 0 Å². The van der Waals surface area contributed by atoms with E-state index in [0.29, 0.717) is 5.57 Å². The topological polar surface area (TPSA) is 53.6 Å². The van der Waals surface area contributed by atoms with E-state index in [0.717, 1.165) is 69.7 Å².